The summed E-state index contributed by atoms with van der Waals surface area (Å²) in [6.45, 7) is 1.65. The van der Waals surface area contributed by atoms with Crippen molar-refractivity contribution in [1.82, 2.24) is 9.97 Å². The van der Waals surface area contributed by atoms with Gasteiger partial charge in [0.1, 0.15) is 12.6 Å². The number of pyridine rings is 3. The molecule has 42 heavy (non-hydrogen) atoms. The van der Waals surface area contributed by atoms with Crippen molar-refractivity contribution in [1.29, 1.82) is 0 Å². The molecule has 0 bridgehead atoms. The van der Waals surface area contributed by atoms with Crippen LogP contribution in [0.4, 0.5) is 17.6 Å². The van der Waals surface area contributed by atoms with Crippen molar-refractivity contribution in [3.05, 3.63) is 108 Å². The van der Waals surface area contributed by atoms with Crippen LogP contribution in [-0.4, -0.2) is 28.8 Å². The summed E-state index contributed by atoms with van der Waals surface area (Å²) in [7, 11) is 1.90. The van der Waals surface area contributed by atoms with Gasteiger partial charge in [0.05, 0.1) is 0 Å². The Hall–Kier alpha value is -4.21. The van der Waals surface area contributed by atoms with Gasteiger partial charge in [0, 0.05) is 47.6 Å². The third-order valence-corrected chi connectivity index (χ3v) is 7.62. The van der Waals surface area contributed by atoms with Crippen molar-refractivity contribution in [3.8, 4) is 17.4 Å². The van der Waals surface area contributed by atoms with Gasteiger partial charge < -0.3 is 14.2 Å². The third-order valence-electron chi connectivity index (χ3n) is 7.62. The van der Waals surface area contributed by atoms with E-state index in [4.69, 9.17) is 4.74 Å². The lowest BCUT2D eigenvalue weighted by molar-refractivity contribution is -0.671. The molecule has 0 aliphatic heterocycles. The first-order chi connectivity index (χ1) is 19.9. The fourth-order valence-electron chi connectivity index (χ4n) is 4.54. The minimum Gasteiger partial charge on any atom is -0.471 e. The van der Waals surface area contributed by atoms with Crippen LogP contribution >= 0.6 is 0 Å². The lowest BCUT2D eigenvalue weighted by atomic mass is 9.74. The molecular formula is C32H34F4N3O3+. The Kier molecular flexibility index (Phi) is 9.33. The minimum absolute atomic E-state index is 0.377. The lowest BCUT2D eigenvalue weighted by Crippen LogP contribution is -2.48. The van der Waals surface area contributed by atoms with Gasteiger partial charge in [-0.15, -0.1) is 0 Å². The molecule has 1 unspecified atom stereocenters. The molecule has 0 spiro atoms. The Morgan fingerprint density at radius 2 is 1.45 bits per heavy atom. The van der Waals surface area contributed by atoms with Crippen LogP contribution in [0, 0.1) is 0 Å². The first kappa shape index (κ1) is 30.7. The molecule has 0 N–H and O–H groups in total. The molecule has 0 saturated carbocycles. The van der Waals surface area contributed by atoms with Crippen LogP contribution in [0.2, 0.25) is 0 Å². The molecule has 3 heterocycles. The van der Waals surface area contributed by atoms with E-state index in [1.54, 1.807) is 24.5 Å². The summed E-state index contributed by atoms with van der Waals surface area (Å²) in [6, 6.07) is 17.4. The van der Waals surface area contributed by atoms with Crippen molar-refractivity contribution >= 4 is 0 Å². The number of ether oxygens (including phenoxy) is 3. The van der Waals surface area contributed by atoms with Gasteiger partial charge in [-0.3, -0.25) is 4.98 Å². The molecule has 0 fully saturated rings. The molecule has 10 heteroatoms. The molecule has 0 radical (unpaired) electrons. The van der Waals surface area contributed by atoms with Gasteiger partial charge in [0.2, 0.25) is 5.88 Å². The summed E-state index contributed by atoms with van der Waals surface area (Å²) in [4.78, 5) is 9.09. The van der Waals surface area contributed by atoms with Crippen molar-refractivity contribution < 1.29 is 36.3 Å². The first-order valence-corrected chi connectivity index (χ1v) is 13.4. The molecule has 0 aliphatic carbocycles. The number of aromatic nitrogens is 3. The van der Waals surface area contributed by atoms with Crippen LogP contribution < -0.4 is 18.8 Å². The number of nitrogens with zero attached hydrogens (tertiary/aromatic N) is 3. The van der Waals surface area contributed by atoms with Gasteiger partial charge in [0.15, 0.2) is 23.9 Å². The largest absolute Gasteiger partial charge is 0.471 e. The highest BCUT2D eigenvalue weighted by Gasteiger charge is 2.42. The van der Waals surface area contributed by atoms with Gasteiger partial charge in [0.25, 0.3) is 0 Å². The van der Waals surface area contributed by atoms with E-state index in [-0.39, 0.29) is 5.92 Å². The van der Waals surface area contributed by atoms with Crippen LogP contribution in [0.3, 0.4) is 0 Å². The number of rotatable bonds is 12. The summed E-state index contributed by atoms with van der Waals surface area (Å²) in [5.74, 6) is -0.920. The number of halogens is 4. The summed E-state index contributed by atoms with van der Waals surface area (Å²) in [6.07, 6.45) is 7.70. The monoisotopic (exact) mass is 584 g/mol. The Balaban J connectivity index is 1.67. The van der Waals surface area contributed by atoms with E-state index >= 15 is 0 Å². The topological polar surface area (TPSA) is 57.4 Å². The molecule has 0 aliphatic rings. The number of aryl methyl sites for hydroxylation is 1. The average molecular weight is 585 g/mol. The molecular weight excluding hydrogens is 550 g/mol. The summed E-state index contributed by atoms with van der Waals surface area (Å²) in [5.41, 5.74) is 2.04. The molecule has 4 rings (SSSR count). The van der Waals surface area contributed by atoms with E-state index < -0.39 is 35.7 Å². The SMILES string of the molecule is C[n+]1ccc(CC(c2ccc(OC(C)(C)C(C)(C)c3ccccn3)nc2)c2ccc(OC(F)F)c(OC(F)F)c2)cc1. The highest BCUT2D eigenvalue weighted by molar-refractivity contribution is 5.47. The average Bonchev–Trinajstić information content (AvgIpc) is 2.94. The van der Waals surface area contributed by atoms with Crippen molar-refractivity contribution in [2.45, 2.75) is 64.3 Å². The standard InChI is InChI=1S/C32H34F4N3O3/c1-31(2,27-8-6-7-15-37-27)32(3,4)42-28-12-10-23(20-38-28)24(18-21-13-16-39(5)17-14-21)22-9-11-25(40-29(33)34)26(19-22)41-30(35)36/h6-17,19-20,24,29-30H,18H2,1-5H3/q+1. The summed E-state index contributed by atoms with van der Waals surface area (Å²) in [5, 5.41) is 0. The fourth-order valence-corrected chi connectivity index (χ4v) is 4.54. The predicted molar refractivity (Wildman–Crippen MR) is 149 cm³/mol. The number of benzene rings is 1. The fraction of sp³-hybridized carbons (Fsp3) is 0.344. The highest BCUT2D eigenvalue weighted by Crippen LogP contribution is 2.39. The van der Waals surface area contributed by atoms with E-state index in [9.17, 15) is 17.6 Å². The number of alkyl halides is 4. The van der Waals surface area contributed by atoms with Gasteiger partial charge in [-0.1, -0.05) is 32.0 Å². The van der Waals surface area contributed by atoms with Crippen molar-refractivity contribution in [3.63, 3.8) is 0 Å². The minimum atomic E-state index is -3.22. The van der Waals surface area contributed by atoms with Crippen molar-refractivity contribution in [2.24, 2.45) is 7.05 Å². The zero-order valence-corrected chi connectivity index (χ0v) is 24.1. The molecule has 3 aromatic heterocycles. The van der Waals surface area contributed by atoms with Crippen LogP contribution in [0.1, 0.15) is 56.0 Å². The smallest absolute Gasteiger partial charge is 0.387 e. The van der Waals surface area contributed by atoms with E-state index in [0.29, 0.717) is 17.9 Å². The Labute approximate surface area is 242 Å². The number of hydrogen-bond acceptors (Lipinski definition) is 5. The van der Waals surface area contributed by atoms with Gasteiger partial charge >= 0.3 is 13.2 Å². The highest BCUT2D eigenvalue weighted by atomic mass is 19.3. The molecule has 4 aromatic rings. The quantitative estimate of drug-likeness (QED) is 0.132. The Bertz CT molecular complexity index is 1450. The van der Waals surface area contributed by atoms with Gasteiger partial charge in [-0.2, -0.15) is 17.6 Å². The van der Waals surface area contributed by atoms with Crippen LogP contribution in [0.15, 0.2) is 85.5 Å². The normalized spacial score (nSPS) is 12.8. The van der Waals surface area contributed by atoms with Crippen LogP contribution in [0.25, 0.3) is 0 Å². The Morgan fingerprint density at radius 1 is 0.786 bits per heavy atom. The van der Waals surface area contributed by atoms with E-state index in [0.717, 1.165) is 16.8 Å². The maximum atomic E-state index is 13.2. The summed E-state index contributed by atoms with van der Waals surface area (Å²) >= 11 is 0. The first-order valence-electron chi connectivity index (χ1n) is 13.4. The van der Waals surface area contributed by atoms with Crippen LogP contribution in [0.5, 0.6) is 17.4 Å². The summed E-state index contributed by atoms with van der Waals surface area (Å²) < 4.78 is 69.4. The maximum absolute atomic E-state index is 13.2. The zero-order chi connectivity index (χ0) is 30.5. The molecule has 222 valence electrons. The molecule has 0 amide bonds. The van der Waals surface area contributed by atoms with Crippen LogP contribution in [-0.2, 0) is 18.9 Å². The van der Waals surface area contributed by atoms with Gasteiger partial charge in [-0.25, -0.2) is 9.55 Å². The van der Waals surface area contributed by atoms with Crippen molar-refractivity contribution in [2.75, 3.05) is 0 Å². The van der Waals surface area contributed by atoms with Gasteiger partial charge in [-0.05, 0) is 61.2 Å². The lowest BCUT2D eigenvalue weighted by Gasteiger charge is -2.40. The Morgan fingerprint density at radius 3 is 2.05 bits per heavy atom. The second kappa shape index (κ2) is 12.8. The second-order valence-electron chi connectivity index (χ2n) is 11.0. The van der Waals surface area contributed by atoms with E-state index in [1.807, 2.05) is 74.3 Å². The molecule has 1 atom stereocenters. The molecule has 6 nitrogen and oxygen atoms in total. The maximum Gasteiger partial charge on any atom is 0.387 e. The molecule has 0 saturated heterocycles. The van der Waals surface area contributed by atoms with E-state index in [2.05, 4.69) is 33.3 Å². The zero-order valence-electron chi connectivity index (χ0n) is 24.1. The molecule has 1 aromatic carbocycles. The predicted octanol–water partition coefficient (Wildman–Crippen LogP) is 7.01. The van der Waals surface area contributed by atoms with E-state index in [1.165, 1.54) is 12.1 Å². The second-order valence-corrected chi connectivity index (χ2v) is 11.0. The number of hydrogen-bond donors (Lipinski definition) is 0. The third kappa shape index (κ3) is 7.35.